The molecule has 1 saturated heterocycles. The van der Waals surface area contributed by atoms with Crippen molar-refractivity contribution in [3.63, 3.8) is 0 Å². The molecule has 0 saturated carbocycles. The molecule has 29 heavy (non-hydrogen) atoms. The average molecular weight is 399 g/mol. The summed E-state index contributed by atoms with van der Waals surface area (Å²) in [4.78, 5) is 25.2. The van der Waals surface area contributed by atoms with E-state index in [9.17, 15) is 9.59 Å². The van der Waals surface area contributed by atoms with Crippen LogP contribution in [0.3, 0.4) is 0 Å². The van der Waals surface area contributed by atoms with Crippen LogP contribution in [0.5, 0.6) is 0 Å². The van der Waals surface area contributed by atoms with Crippen molar-refractivity contribution in [2.45, 2.75) is 77.2 Å². The molecule has 0 aliphatic carbocycles. The molecular formula is C25H38N2O2. The first kappa shape index (κ1) is 24.7. The summed E-state index contributed by atoms with van der Waals surface area (Å²) in [5, 5.41) is 0. The van der Waals surface area contributed by atoms with Gasteiger partial charge in [0, 0.05) is 13.0 Å². The summed E-state index contributed by atoms with van der Waals surface area (Å²) < 4.78 is 0. The zero-order valence-electron chi connectivity index (χ0n) is 18.0. The quantitative estimate of drug-likeness (QED) is 0.315. The molecule has 4 nitrogen and oxygen atoms in total. The Morgan fingerprint density at radius 3 is 1.90 bits per heavy atom. The number of primary amides is 1. The third kappa shape index (κ3) is 11.9. The molecule has 0 bridgehead atoms. The molecule has 1 aliphatic heterocycles. The van der Waals surface area contributed by atoms with Gasteiger partial charge in [-0.25, -0.2) is 0 Å². The first-order chi connectivity index (χ1) is 14.2. The smallest absolute Gasteiger partial charge is 0.240 e. The Hall–Kier alpha value is -2.36. The van der Waals surface area contributed by atoms with Crippen LogP contribution in [0.4, 0.5) is 0 Å². The van der Waals surface area contributed by atoms with Gasteiger partial charge in [-0.3, -0.25) is 9.59 Å². The molecule has 1 rings (SSSR count). The molecule has 1 aliphatic rings. The standard InChI is InChI=1S/C25H38N2O2/c1-2-3-4-5-6-7-8-9-10-11-12-13-14-15-16-17-18-21-24(28)27-22-19-20-23(27)25(26)29/h3-4,6-7,9-10,12-13,15-16,23H,2,5,8,11,14,17-22H2,1H3,(H2,26,29)/b4-3-,7-6-,10-9-,13-12-,16-15-. The molecule has 1 unspecified atom stereocenters. The van der Waals surface area contributed by atoms with Gasteiger partial charge in [0.1, 0.15) is 6.04 Å². The van der Waals surface area contributed by atoms with Crippen LogP contribution in [0.2, 0.25) is 0 Å². The van der Waals surface area contributed by atoms with Gasteiger partial charge in [-0.1, -0.05) is 67.7 Å². The van der Waals surface area contributed by atoms with Crippen molar-refractivity contribution in [1.82, 2.24) is 4.90 Å². The van der Waals surface area contributed by atoms with Gasteiger partial charge < -0.3 is 10.6 Å². The Kier molecular flexibility index (Phi) is 14.1. The first-order valence-electron chi connectivity index (χ1n) is 11.0. The van der Waals surface area contributed by atoms with Crippen molar-refractivity contribution < 1.29 is 9.59 Å². The molecule has 1 fully saturated rings. The van der Waals surface area contributed by atoms with E-state index in [0.29, 0.717) is 19.4 Å². The van der Waals surface area contributed by atoms with E-state index in [0.717, 1.165) is 51.4 Å². The largest absolute Gasteiger partial charge is 0.368 e. The lowest BCUT2D eigenvalue weighted by Crippen LogP contribution is -2.43. The van der Waals surface area contributed by atoms with Gasteiger partial charge in [0.2, 0.25) is 11.8 Å². The van der Waals surface area contributed by atoms with E-state index >= 15 is 0 Å². The van der Waals surface area contributed by atoms with Gasteiger partial charge >= 0.3 is 0 Å². The fourth-order valence-electron chi connectivity index (χ4n) is 3.24. The number of hydrogen-bond acceptors (Lipinski definition) is 2. The van der Waals surface area contributed by atoms with Crippen molar-refractivity contribution in [2.24, 2.45) is 5.73 Å². The SMILES string of the molecule is CC/C=C\C/C=C\C/C=C\C/C=C\C/C=C\CCCC(=O)N1CCCC1C(N)=O. The molecule has 0 aromatic rings. The summed E-state index contributed by atoms with van der Waals surface area (Å²) in [6.07, 6.45) is 30.5. The van der Waals surface area contributed by atoms with Crippen LogP contribution in [0.15, 0.2) is 60.8 Å². The Balaban J connectivity index is 2.03. The Morgan fingerprint density at radius 2 is 1.38 bits per heavy atom. The third-order valence-electron chi connectivity index (χ3n) is 4.82. The van der Waals surface area contributed by atoms with E-state index < -0.39 is 6.04 Å². The van der Waals surface area contributed by atoms with E-state index in [-0.39, 0.29) is 11.8 Å². The number of rotatable bonds is 14. The highest BCUT2D eigenvalue weighted by Crippen LogP contribution is 2.18. The molecule has 1 heterocycles. The number of hydrogen-bond donors (Lipinski definition) is 1. The normalized spacial score (nSPS) is 17.8. The van der Waals surface area contributed by atoms with Crippen molar-refractivity contribution in [2.75, 3.05) is 6.54 Å². The molecular weight excluding hydrogens is 360 g/mol. The average Bonchev–Trinajstić information content (AvgIpc) is 3.20. The van der Waals surface area contributed by atoms with E-state index in [1.165, 1.54) is 0 Å². The first-order valence-corrected chi connectivity index (χ1v) is 11.0. The number of amides is 2. The monoisotopic (exact) mass is 398 g/mol. The van der Waals surface area contributed by atoms with E-state index in [4.69, 9.17) is 5.73 Å². The number of carbonyl (C=O) groups excluding carboxylic acids is 2. The van der Waals surface area contributed by atoms with E-state index in [1.54, 1.807) is 4.90 Å². The van der Waals surface area contributed by atoms with Gasteiger partial charge in [0.15, 0.2) is 0 Å². The van der Waals surface area contributed by atoms with Crippen LogP contribution in [0, 0.1) is 0 Å². The van der Waals surface area contributed by atoms with E-state index in [2.05, 4.69) is 67.7 Å². The lowest BCUT2D eigenvalue weighted by Gasteiger charge is -2.21. The van der Waals surface area contributed by atoms with E-state index in [1.807, 2.05) is 0 Å². The number of unbranched alkanes of at least 4 members (excludes halogenated alkanes) is 1. The van der Waals surface area contributed by atoms with Crippen molar-refractivity contribution >= 4 is 11.8 Å². The van der Waals surface area contributed by atoms with Crippen LogP contribution in [0.25, 0.3) is 0 Å². The fourth-order valence-corrected chi connectivity index (χ4v) is 3.24. The molecule has 1 atom stereocenters. The Morgan fingerprint density at radius 1 is 0.862 bits per heavy atom. The van der Waals surface area contributed by atoms with Gasteiger partial charge in [-0.05, 0) is 57.8 Å². The maximum absolute atomic E-state index is 12.2. The summed E-state index contributed by atoms with van der Waals surface area (Å²) in [7, 11) is 0. The Bertz CT molecular complexity index is 614. The topological polar surface area (TPSA) is 63.4 Å². The second-order valence-corrected chi connectivity index (χ2v) is 7.25. The second-order valence-electron chi connectivity index (χ2n) is 7.25. The second kappa shape index (κ2) is 16.6. The highest BCUT2D eigenvalue weighted by atomic mass is 16.2. The van der Waals surface area contributed by atoms with Crippen LogP contribution in [0.1, 0.15) is 71.1 Å². The molecule has 2 N–H and O–H groups in total. The number of allylic oxidation sites excluding steroid dienone is 10. The van der Waals surface area contributed by atoms with Gasteiger partial charge in [-0.2, -0.15) is 0 Å². The van der Waals surface area contributed by atoms with Gasteiger partial charge in [0.05, 0.1) is 0 Å². The minimum absolute atomic E-state index is 0.0543. The highest BCUT2D eigenvalue weighted by Gasteiger charge is 2.31. The van der Waals surface area contributed by atoms with Crippen molar-refractivity contribution in [3.8, 4) is 0 Å². The lowest BCUT2D eigenvalue weighted by atomic mass is 10.1. The molecule has 0 aromatic carbocycles. The van der Waals surface area contributed by atoms with Crippen LogP contribution in [-0.2, 0) is 9.59 Å². The third-order valence-corrected chi connectivity index (χ3v) is 4.82. The molecule has 0 spiro atoms. The zero-order valence-corrected chi connectivity index (χ0v) is 18.0. The summed E-state index contributed by atoms with van der Waals surface area (Å²) >= 11 is 0. The predicted octanol–water partition coefficient (Wildman–Crippen LogP) is 5.38. The summed E-state index contributed by atoms with van der Waals surface area (Å²) in [6.45, 7) is 2.81. The maximum atomic E-state index is 12.2. The minimum Gasteiger partial charge on any atom is -0.368 e. The number of nitrogens with two attached hydrogens (primary N) is 1. The van der Waals surface area contributed by atoms with Crippen molar-refractivity contribution in [1.29, 1.82) is 0 Å². The predicted molar refractivity (Wildman–Crippen MR) is 122 cm³/mol. The number of likely N-dealkylation sites (tertiary alicyclic amines) is 1. The lowest BCUT2D eigenvalue weighted by molar-refractivity contribution is -0.137. The number of nitrogens with zero attached hydrogens (tertiary/aromatic N) is 1. The van der Waals surface area contributed by atoms with Crippen molar-refractivity contribution in [3.05, 3.63) is 60.8 Å². The molecule has 2 amide bonds. The van der Waals surface area contributed by atoms with Crippen LogP contribution < -0.4 is 5.73 Å². The summed E-state index contributed by atoms with van der Waals surface area (Å²) in [5.74, 6) is -0.327. The summed E-state index contributed by atoms with van der Waals surface area (Å²) in [6, 6.07) is -0.392. The van der Waals surface area contributed by atoms with Gasteiger partial charge in [0.25, 0.3) is 0 Å². The zero-order chi connectivity index (χ0) is 21.2. The summed E-state index contributed by atoms with van der Waals surface area (Å²) in [5.41, 5.74) is 5.36. The molecule has 160 valence electrons. The molecule has 4 heteroatoms. The van der Waals surface area contributed by atoms with Gasteiger partial charge in [-0.15, -0.1) is 0 Å². The van der Waals surface area contributed by atoms with Crippen LogP contribution in [-0.4, -0.2) is 29.3 Å². The maximum Gasteiger partial charge on any atom is 0.240 e. The highest BCUT2D eigenvalue weighted by molar-refractivity contribution is 5.87. The fraction of sp³-hybridized carbons (Fsp3) is 0.520. The Labute approximate surface area is 176 Å². The van der Waals surface area contributed by atoms with Crippen LogP contribution >= 0.6 is 0 Å². The molecule has 0 aromatic heterocycles. The molecule has 0 radical (unpaired) electrons. The number of carbonyl (C=O) groups is 2. The minimum atomic E-state index is -0.392.